The molecule has 2 N–H and O–H groups in total. The Hall–Kier alpha value is -2.88. The van der Waals surface area contributed by atoms with Crippen molar-refractivity contribution >= 4 is 22.7 Å². The first-order chi connectivity index (χ1) is 12.0. The third-order valence-electron chi connectivity index (χ3n) is 3.93. The van der Waals surface area contributed by atoms with Crippen LogP contribution in [0.25, 0.3) is 11.2 Å². The van der Waals surface area contributed by atoms with Crippen LogP contribution in [0.3, 0.4) is 0 Å². The predicted octanol–water partition coefficient (Wildman–Crippen LogP) is 2.59. The standard InChI is InChI=1S/C15H12F3N5O2/c16-7-4-9(18)10(5-8(7)17)20-13-12-14(22-15(24)21-13)23(6-19-12)11-2-1-3-25-11/h4-6,11H,1-3H2,(H2,20,21,22,24). The number of benzene rings is 1. The lowest BCUT2D eigenvalue weighted by atomic mass is 10.2. The summed E-state index contributed by atoms with van der Waals surface area (Å²) in [5.41, 5.74) is -0.535. The van der Waals surface area contributed by atoms with Crippen LogP contribution >= 0.6 is 0 Å². The summed E-state index contributed by atoms with van der Waals surface area (Å²) >= 11 is 0. The minimum atomic E-state index is -1.31. The van der Waals surface area contributed by atoms with Gasteiger partial charge in [0.1, 0.15) is 23.4 Å². The maximum atomic E-state index is 13.8. The van der Waals surface area contributed by atoms with Crippen molar-refractivity contribution in [3.63, 3.8) is 0 Å². The van der Waals surface area contributed by atoms with Crippen molar-refractivity contribution < 1.29 is 17.9 Å². The van der Waals surface area contributed by atoms with E-state index in [2.05, 4.69) is 20.3 Å². The lowest BCUT2D eigenvalue weighted by Crippen LogP contribution is -2.16. The van der Waals surface area contributed by atoms with Crippen LogP contribution in [0.4, 0.5) is 24.7 Å². The average Bonchev–Trinajstić information content (AvgIpc) is 3.21. The van der Waals surface area contributed by atoms with Gasteiger partial charge < -0.3 is 10.1 Å². The molecule has 0 radical (unpaired) electrons. The van der Waals surface area contributed by atoms with E-state index in [1.54, 1.807) is 4.57 Å². The molecule has 1 atom stereocenters. The predicted molar refractivity (Wildman–Crippen MR) is 82.0 cm³/mol. The van der Waals surface area contributed by atoms with Gasteiger partial charge in [-0.05, 0) is 12.8 Å². The number of hydrogen-bond donors (Lipinski definition) is 2. The molecule has 1 unspecified atom stereocenters. The smallest absolute Gasteiger partial charge is 0.348 e. The van der Waals surface area contributed by atoms with Crippen molar-refractivity contribution in [2.24, 2.45) is 0 Å². The highest BCUT2D eigenvalue weighted by Gasteiger charge is 2.22. The first-order valence-corrected chi connectivity index (χ1v) is 7.53. The molecule has 2 aromatic heterocycles. The molecule has 10 heteroatoms. The van der Waals surface area contributed by atoms with Gasteiger partial charge in [-0.1, -0.05) is 0 Å². The molecule has 1 fully saturated rings. The summed E-state index contributed by atoms with van der Waals surface area (Å²) in [5.74, 6) is -3.51. The third kappa shape index (κ3) is 2.74. The number of imidazole rings is 1. The van der Waals surface area contributed by atoms with Gasteiger partial charge in [-0.3, -0.25) is 9.55 Å². The van der Waals surface area contributed by atoms with Crippen LogP contribution in [0, 0.1) is 17.5 Å². The minimum absolute atomic E-state index is 0.0247. The van der Waals surface area contributed by atoms with Gasteiger partial charge in [0.15, 0.2) is 17.3 Å². The van der Waals surface area contributed by atoms with Crippen LogP contribution in [0.5, 0.6) is 0 Å². The molecular formula is C15H12F3N5O2. The lowest BCUT2D eigenvalue weighted by Gasteiger charge is -2.12. The lowest BCUT2D eigenvalue weighted by molar-refractivity contribution is 0.0592. The maximum absolute atomic E-state index is 13.8. The van der Waals surface area contributed by atoms with Gasteiger partial charge in [0.25, 0.3) is 0 Å². The zero-order valence-corrected chi connectivity index (χ0v) is 12.7. The van der Waals surface area contributed by atoms with Gasteiger partial charge in [0.2, 0.25) is 0 Å². The third-order valence-corrected chi connectivity index (χ3v) is 3.93. The van der Waals surface area contributed by atoms with Gasteiger partial charge in [-0.2, -0.15) is 4.98 Å². The Labute approximate surface area is 138 Å². The Balaban J connectivity index is 1.80. The second kappa shape index (κ2) is 5.88. The summed E-state index contributed by atoms with van der Waals surface area (Å²) in [6, 6.07) is 1.07. The van der Waals surface area contributed by atoms with Crippen molar-refractivity contribution in [3.05, 3.63) is 46.4 Å². The Morgan fingerprint density at radius 1 is 1.24 bits per heavy atom. The van der Waals surface area contributed by atoms with Crippen LogP contribution in [0.1, 0.15) is 19.1 Å². The quantitative estimate of drug-likeness (QED) is 0.709. The number of aromatic amines is 1. The SMILES string of the molecule is O=c1nc2c(ncn2C2CCCO2)c(Nc2cc(F)c(F)cc2F)[nH]1. The molecule has 25 heavy (non-hydrogen) atoms. The highest BCUT2D eigenvalue weighted by atomic mass is 19.2. The fourth-order valence-corrected chi connectivity index (χ4v) is 2.77. The maximum Gasteiger partial charge on any atom is 0.348 e. The van der Waals surface area contributed by atoms with E-state index in [1.807, 2.05) is 0 Å². The molecule has 7 nitrogen and oxygen atoms in total. The second-order valence-corrected chi connectivity index (χ2v) is 5.58. The van der Waals surface area contributed by atoms with E-state index in [1.165, 1.54) is 6.33 Å². The average molecular weight is 351 g/mol. The van der Waals surface area contributed by atoms with E-state index in [9.17, 15) is 18.0 Å². The Morgan fingerprint density at radius 3 is 2.80 bits per heavy atom. The Bertz CT molecular complexity index is 1010. The van der Waals surface area contributed by atoms with Crippen molar-refractivity contribution in [2.75, 3.05) is 11.9 Å². The van der Waals surface area contributed by atoms with Crippen molar-refractivity contribution in [2.45, 2.75) is 19.1 Å². The van der Waals surface area contributed by atoms with Crippen LogP contribution < -0.4 is 11.0 Å². The minimum Gasteiger partial charge on any atom is -0.358 e. The van der Waals surface area contributed by atoms with Crippen molar-refractivity contribution in [3.8, 4) is 0 Å². The largest absolute Gasteiger partial charge is 0.358 e. The van der Waals surface area contributed by atoms with E-state index in [-0.39, 0.29) is 28.9 Å². The molecule has 3 aromatic rings. The van der Waals surface area contributed by atoms with E-state index in [4.69, 9.17) is 4.74 Å². The number of aromatic nitrogens is 4. The molecule has 0 spiro atoms. The van der Waals surface area contributed by atoms with E-state index in [0.717, 1.165) is 12.8 Å². The molecule has 4 rings (SSSR count). The Morgan fingerprint density at radius 2 is 2.04 bits per heavy atom. The van der Waals surface area contributed by atoms with Gasteiger partial charge in [0.05, 0.1) is 12.0 Å². The molecule has 130 valence electrons. The van der Waals surface area contributed by atoms with E-state index >= 15 is 0 Å². The summed E-state index contributed by atoms with van der Waals surface area (Å²) in [7, 11) is 0. The van der Waals surface area contributed by atoms with E-state index < -0.39 is 23.1 Å². The molecular weight excluding hydrogens is 339 g/mol. The number of rotatable bonds is 3. The van der Waals surface area contributed by atoms with Crippen molar-refractivity contribution in [1.29, 1.82) is 0 Å². The van der Waals surface area contributed by atoms with Crippen LogP contribution in [-0.2, 0) is 4.74 Å². The van der Waals surface area contributed by atoms with Gasteiger partial charge in [-0.15, -0.1) is 0 Å². The van der Waals surface area contributed by atoms with Gasteiger partial charge in [-0.25, -0.2) is 22.9 Å². The number of hydrogen-bond acceptors (Lipinski definition) is 5. The molecule has 0 aliphatic carbocycles. The summed E-state index contributed by atoms with van der Waals surface area (Å²) in [6.07, 6.45) is 2.81. The number of ether oxygens (including phenoxy) is 1. The van der Waals surface area contributed by atoms with Crippen LogP contribution in [-0.4, -0.2) is 26.1 Å². The van der Waals surface area contributed by atoms with Gasteiger partial charge >= 0.3 is 5.69 Å². The molecule has 3 heterocycles. The summed E-state index contributed by atoms with van der Waals surface area (Å²) < 4.78 is 47.4. The first kappa shape index (κ1) is 15.6. The zero-order valence-electron chi connectivity index (χ0n) is 12.7. The number of anilines is 2. The van der Waals surface area contributed by atoms with E-state index in [0.29, 0.717) is 18.7 Å². The van der Waals surface area contributed by atoms with Crippen LogP contribution in [0.2, 0.25) is 0 Å². The molecule has 1 aliphatic rings. The molecule has 1 aliphatic heterocycles. The van der Waals surface area contributed by atoms with Crippen molar-refractivity contribution in [1.82, 2.24) is 19.5 Å². The number of H-pyrrole nitrogens is 1. The zero-order chi connectivity index (χ0) is 17.6. The molecule has 0 amide bonds. The molecule has 0 saturated carbocycles. The Kier molecular flexibility index (Phi) is 3.68. The normalized spacial score (nSPS) is 17.3. The first-order valence-electron chi connectivity index (χ1n) is 7.53. The van der Waals surface area contributed by atoms with Gasteiger partial charge in [0, 0.05) is 18.7 Å². The highest BCUT2D eigenvalue weighted by Crippen LogP contribution is 2.29. The summed E-state index contributed by atoms with van der Waals surface area (Å²) in [5, 5.41) is 2.53. The highest BCUT2D eigenvalue weighted by molar-refractivity contribution is 5.85. The summed E-state index contributed by atoms with van der Waals surface area (Å²) in [4.78, 5) is 22.3. The van der Waals surface area contributed by atoms with Crippen LogP contribution in [0.15, 0.2) is 23.3 Å². The second-order valence-electron chi connectivity index (χ2n) is 5.58. The number of nitrogens with one attached hydrogen (secondary N) is 2. The number of fused-ring (bicyclic) bond motifs is 1. The fraction of sp³-hybridized carbons (Fsp3) is 0.267. The number of halogens is 3. The topological polar surface area (TPSA) is 84.8 Å². The number of nitrogens with zero attached hydrogens (tertiary/aromatic N) is 3. The summed E-state index contributed by atoms with van der Waals surface area (Å²) in [6.45, 7) is 0.596. The fourth-order valence-electron chi connectivity index (χ4n) is 2.77. The molecule has 1 aromatic carbocycles. The molecule has 0 bridgehead atoms. The monoisotopic (exact) mass is 351 g/mol. The molecule has 1 saturated heterocycles.